The third-order valence-electron chi connectivity index (χ3n) is 3.03. The van der Waals surface area contributed by atoms with Crippen molar-refractivity contribution in [2.45, 2.75) is 25.8 Å². The standard InChI is InChI=1S/C12H14N2O3/c1-3-9(7-13)8(2)11(15)14-6-4-5-10(14)12(16)17/h1,8-10H,4-6H2,2H3,(H,16,17)/t8?,9?,10-/m0/s1. The van der Waals surface area contributed by atoms with Gasteiger partial charge in [-0.1, -0.05) is 12.8 Å². The molecule has 3 atom stereocenters. The fraction of sp³-hybridized carbons (Fsp3) is 0.583. The summed E-state index contributed by atoms with van der Waals surface area (Å²) in [4.78, 5) is 24.3. The number of carbonyl (C=O) groups is 2. The minimum atomic E-state index is -1.00. The van der Waals surface area contributed by atoms with Gasteiger partial charge in [0.05, 0.1) is 12.0 Å². The summed E-state index contributed by atoms with van der Waals surface area (Å²) in [5, 5.41) is 17.8. The molecular weight excluding hydrogens is 220 g/mol. The first kappa shape index (κ1) is 13.1. The molecule has 2 unspecified atom stereocenters. The Hall–Kier alpha value is -2.01. The number of hydrogen-bond acceptors (Lipinski definition) is 3. The Morgan fingerprint density at radius 2 is 2.24 bits per heavy atom. The van der Waals surface area contributed by atoms with Crippen molar-refractivity contribution in [3.8, 4) is 18.4 Å². The number of carboxylic acids is 1. The average molecular weight is 234 g/mol. The molecule has 17 heavy (non-hydrogen) atoms. The molecule has 0 aliphatic carbocycles. The van der Waals surface area contributed by atoms with Gasteiger partial charge < -0.3 is 10.0 Å². The van der Waals surface area contributed by atoms with Crippen molar-refractivity contribution < 1.29 is 14.7 Å². The summed E-state index contributed by atoms with van der Waals surface area (Å²) in [7, 11) is 0. The molecule has 0 aromatic heterocycles. The summed E-state index contributed by atoms with van der Waals surface area (Å²) in [5.41, 5.74) is 0. The Kier molecular flexibility index (Phi) is 4.12. The topological polar surface area (TPSA) is 81.4 Å². The summed E-state index contributed by atoms with van der Waals surface area (Å²) in [5.74, 6) is -0.576. The maximum atomic E-state index is 12.0. The zero-order chi connectivity index (χ0) is 13.0. The molecule has 1 amide bonds. The highest BCUT2D eigenvalue weighted by molar-refractivity contribution is 5.86. The van der Waals surface area contributed by atoms with Crippen LogP contribution in [-0.2, 0) is 9.59 Å². The number of hydrogen-bond donors (Lipinski definition) is 1. The minimum absolute atomic E-state index is 0.348. The Morgan fingerprint density at radius 1 is 1.59 bits per heavy atom. The SMILES string of the molecule is C#CC(C#N)C(C)C(=O)N1CCC[C@H]1C(=O)O. The quantitative estimate of drug-likeness (QED) is 0.720. The van der Waals surface area contributed by atoms with E-state index in [2.05, 4.69) is 5.92 Å². The van der Waals surface area contributed by atoms with Crippen molar-refractivity contribution in [1.82, 2.24) is 4.90 Å². The zero-order valence-electron chi connectivity index (χ0n) is 9.59. The molecule has 1 fully saturated rings. The first-order valence-corrected chi connectivity index (χ1v) is 5.42. The van der Waals surface area contributed by atoms with E-state index < -0.39 is 23.8 Å². The number of terminal acetylenes is 1. The van der Waals surface area contributed by atoms with E-state index in [0.717, 1.165) is 0 Å². The average Bonchev–Trinajstić information content (AvgIpc) is 2.78. The van der Waals surface area contributed by atoms with E-state index in [-0.39, 0.29) is 5.91 Å². The third-order valence-corrected chi connectivity index (χ3v) is 3.03. The molecule has 0 aromatic carbocycles. The lowest BCUT2D eigenvalue weighted by molar-refractivity contribution is -0.149. The van der Waals surface area contributed by atoms with Crippen molar-refractivity contribution in [3.63, 3.8) is 0 Å². The summed E-state index contributed by atoms with van der Waals surface area (Å²) >= 11 is 0. The minimum Gasteiger partial charge on any atom is -0.480 e. The molecule has 0 spiro atoms. The summed E-state index contributed by atoms with van der Waals surface area (Å²) in [6.07, 6.45) is 6.28. The number of rotatable bonds is 3. The lowest BCUT2D eigenvalue weighted by Crippen LogP contribution is -2.44. The molecule has 90 valence electrons. The van der Waals surface area contributed by atoms with E-state index in [1.54, 1.807) is 6.92 Å². The molecule has 1 aliphatic heterocycles. The second kappa shape index (κ2) is 5.36. The zero-order valence-corrected chi connectivity index (χ0v) is 9.59. The maximum absolute atomic E-state index is 12.0. The van der Waals surface area contributed by atoms with Crippen LogP contribution in [0.2, 0.25) is 0 Å². The molecular formula is C12H14N2O3. The fourth-order valence-electron chi connectivity index (χ4n) is 1.98. The predicted octanol–water partition coefficient (Wildman–Crippen LogP) is 0.471. The number of nitrogens with zero attached hydrogens (tertiary/aromatic N) is 2. The van der Waals surface area contributed by atoms with Gasteiger partial charge in [0.2, 0.25) is 5.91 Å². The molecule has 1 rings (SSSR count). The van der Waals surface area contributed by atoms with Gasteiger partial charge in [0.1, 0.15) is 12.0 Å². The Balaban J connectivity index is 2.80. The van der Waals surface area contributed by atoms with Crippen LogP contribution < -0.4 is 0 Å². The lowest BCUT2D eigenvalue weighted by Gasteiger charge is -2.25. The van der Waals surface area contributed by atoms with E-state index in [0.29, 0.717) is 19.4 Å². The highest BCUT2D eigenvalue weighted by Crippen LogP contribution is 2.22. The maximum Gasteiger partial charge on any atom is 0.326 e. The first-order chi connectivity index (χ1) is 8.02. The number of aliphatic carboxylic acids is 1. The van der Waals surface area contributed by atoms with Gasteiger partial charge >= 0.3 is 5.97 Å². The molecule has 1 N–H and O–H groups in total. The van der Waals surface area contributed by atoms with Crippen molar-refractivity contribution in [3.05, 3.63) is 0 Å². The van der Waals surface area contributed by atoms with Gasteiger partial charge in [-0.15, -0.1) is 6.42 Å². The van der Waals surface area contributed by atoms with E-state index in [4.69, 9.17) is 16.8 Å². The summed E-state index contributed by atoms with van der Waals surface area (Å²) < 4.78 is 0. The molecule has 5 nitrogen and oxygen atoms in total. The normalized spacial score (nSPS) is 22.3. The van der Waals surface area contributed by atoms with E-state index in [1.807, 2.05) is 6.07 Å². The molecule has 0 bridgehead atoms. The highest BCUT2D eigenvalue weighted by atomic mass is 16.4. The molecule has 1 saturated heterocycles. The molecule has 0 saturated carbocycles. The number of likely N-dealkylation sites (tertiary alicyclic amines) is 1. The lowest BCUT2D eigenvalue weighted by atomic mass is 9.94. The van der Waals surface area contributed by atoms with Gasteiger partial charge in [-0.05, 0) is 12.8 Å². The second-order valence-corrected chi connectivity index (χ2v) is 4.09. The Bertz CT molecular complexity index is 391. The van der Waals surface area contributed by atoms with Crippen LogP contribution in [0.25, 0.3) is 0 Å². The molecule has 0 aromatic rings. The molecule has 1 aliphatic rings. The van der Waals surface area contributed by atoms with Gasteiger partial charge in [-0.3, -0.25) is 4.79 Å². The van der Waals surface area contributed by atoms with Crippen molar-refractivity contribution >= 4 is 11.9 Å². The fourth-order valence-corrected chi connectivity index (χ4v) is 1.98. The van der Waals surface area contributed by atoms with Crippen LogP contribution in [0.15, 0.2) is 0 Å². The van der Waals surface area contributed by atoms with Gasteiger partial charge in [0.25, 0.3) is 0 Å². The van der Waals surface area contributed by atoms with Gasteiger partial charge in [-0.25, -0.2) is 4.79 Å². The monoisotopic (exact) mass is 234 g/mol. The summed E-state index contributed by atoms with van der Waals surface area (Å²) in [6, 6.07) is 1.09. The van der Waals surface area contributed by atoms with E-state index >= 15 is 0 Å². The van der Waals surface area contributed by atoms with Crippen molar-refractivity contribution in [2.75, 3.05) is 6.54 Å². The van der Waals surface area contributed by atoms with Crippen molar-refractivity contribution in [2.24, 2.45) is 11.8 Å². The van der Waals surface area contributed by atoms with Crippen LogP contribution in [0.3, 0.4) is 0 Å². The van der Waals surface area contributed by atoms with E-state index in [9.17, 15) is 9.59 Å². The van der Waals surface area contributed by atoms with Crippen LogP contribution in [-0.4, -0.2) is 34.5 Å². The van der Waals surface area contributed by atoms with E-state index in [1.165, 1.54) is 4.90 Å². The number of nitriles is 1. The van der Waals surface area contributed by atoms with Gasteiger partial charge in [0.15, 0.2) is 0 Å². The van der Waals surface area contributed by atoms with Crippen LogP contribution >= 0.6 is 0 Å². The third kappa shape index (κ3) is 2.57. The Labute approximate surface area is 100 Å². The Morgan fingerprint density at radius 3 is 2.71 bits per heavy atom. The smallest absolute Gasteiger partial charge is 0.326 e. The van der Waals surface area contributed by atoms with Crippen LogP contribution in [0.5, 0.6) is 0 Å². The van der Waals surface area contributed by atoms with Crippen LogP contribution in [0.4, 0.5) is 0 Å². The summed E-state index contributed by atoms with van der Waals surface area (Å²) in [6.45, 7) is 1.98. The highest BCUT2D eigenvalue weighted by Gasteiger charge is 2.37. The van der Waals surface area contributed by atoms with Crippen molar-refractivity contribution in [1.29, 1.82) is 5.26 Å². The van der Waals surface area contributed by atoms with Crippen LogP contribution in [0.1, 0.15) is 19.8 Å². The first-order valence-electron chi connectivity index (χ1n) is 5.42. The van der Waals surface area contributed by atoms with Crippen LogP contribution in [0, 0.1) is 35.5 Å². The molecule has 5 heteroatoms. The predicted molar refractivity (Wildman–Crippen MR) is 59.5 cm³/mol. The van der Waals surface area contributed by atoms with Gasteiger partial charge in [0, 0.05) is 6.54 Å². The number of carboxylic acid groups (broad SMARTS) is 1. The number of amides is 1. The van der Waals surface area contributed by atoms with Gasteiger partial charge in [-0.2, -0.15) is 5.26 Å². The number of carbonyl (C=O) groups excluding carboxylic acids is 1. The molecule has 0 radical (unpaired) electrons. The second-order valence-electron chi connectivity index (χ2n) is 4.09. The molecule has 1 heterocycles. The largest absolute Gasteiger partial charge is 0.480 e.